The first-order valence-electron chi connectivity index (χ1n) is 7.87. The maximum absolute atomic E-state index is 12.1. The molecule has 0 aliphatic carbocycles. The minimum absolute atomic E-state index is 0.102. The smallest absolute Gasteiger partial charge is 0.317 e. The van der Waals surface area contributed by atoms with Gasteiger partial charge in [-0.3, -0.25) is 4.79 Å². The molecule has 0 radical (unpaired) electrons. The van der Waals surface area contributed by atoms with Crippen molar-refractivity contribution in [1.29, 1.82) is 0 Å². The van der Waals surface area contributed by atoms with E-state index in [1.54, 1.807) is 23.1 Å². The van der Waals surface area contributed by atoms with Crippen LogP contribution in [0, 0.1) is 5.92 Å². The van der Waals surface area contributed by atoms with Gasteiger partial charge in [0.2, 0.25) is 11.7 Å². The van der Waals surface area contributed by atoms with E-state index < -0.39 is 5.97 Å². The van der Waals surface area contributed by atoms with Crippen LogP contribution in [0.25, 0.3) is 11.4 Å². The second kappa shape index (κ2) is 7.52. The Bertz CT molecular complexity index is 771. The lowest BCUT2D eigenvalue weighted by molar-refractivity contribution is -0.143. The lowest BCUT2D eigenvalue weighted by Crippen LogP contribution is -2.45. The van der Waals surface area contributed by atoms with Crippen LogP contribution in [0.4, 0.5) is 4.79 Å². The van der Waals surface area contributed by atoms with Crippen LogP contribution in [-0.2, 0) is 11.3 Å². The molecule has 0 atom stereocenters. The average molecular weight is 365 g/mol. The number of carboxylic acid groups (broad SMARTS) is 1. The van der Waals surface area contributed by atoms with Gasteiger partial charge in [0.05, 0.1) is 12.5 Å². The van der Waals surface area contributed by atoms with E-state index in [9.17, 15) is 9.59 Å². The fraction of sp³-hybridized carbons (Fsp3) is 0.375. The number of urea groups is 1. The third kappa shape index (κ3) is 4.27. The lowest BCUT2D eigenvalue weighted by Gasteiger charge is -2.29. The number of nitrogens with zero attached hydrogens (tertiary/aromatic N) is 3. The maximum Gasteiger partial charge on any atom is 0.317 e. The van der Waals surface area contributed by atoms with Crippen molar-refractivity contribution in [1.82, 2.24) is 20.4 Å². The summed E-state index contributed by atoms with van der Waals surface area (Å²) in [5.41, 5.74) is 0.726. The van der Waals surface area contributed by atoms with Crippen molar-refractivity contribution in [2.45, 2.75) is 19.4 Å². The number of nitrogens with one attached hydrogen (secondary N) is 1. The molecule has 1 aromatic heterocycles. The standard InChI is InChI=1S/C16H17ClN4O4/c17-12-3-1-2-11(8-12)14-19-13(25-20-14)9-18-16(24)21-6-4-10(5-7-21)15(22)23/h1-3,8,10H,4-7,9H2,(H,18,24)(H,22,23). The molecular formula is C16H17ClN4O4. The second-order valence-electron chi connectivity index (χ2n) is 5.78. The van der Waals surface area contributed by atoms with Crippen LogP contribution in [0.15, 0.2) is 28.8 Å². The van der Waals surface area contributed by atoms with Gasteiger partial charge in [0.15, 0.2) is 0 Å². The molecule has 8 nitrogen and oxygen atoms in total. The van der Waals surface area contributed by atoms with Gasteiger partial charge in [-0.05, 0) is 25.0 Å². The van der Waals surface area contributed by atoms with E-state index in [1.807, 2.05) is 6.07 Å². The topological polar surface area (TPSA) is 109 Å². The first-order valence-corrected chi connectivity index (χ1v) is 8.25. The Morgan fingerprint density at radius 3 is 2.80 bits per heavy atom. The molecule has 0 unspecified atom stereocenters. The molecule has 25 heavy (non-hydrogen) atoms. The number of rotatable bonds is 4. The Morgan fingerprint density at radius 1 is 1.36 bits per heavy atom. The third-order valence-corrected chi connectivity index (χ3v) is 4.31. The number of amides is 2. The van der Waals surface area contributed by atoms with Gasteiger partial charge in [-0.2, -0.15) is 4.98 Å². The van der Waals surface area contributed by atoms with Crippen molar-refractivity contribution in [3.05, 3.63) is 35.2 Å². The molecule has 132 valence electrons. The Labute approximate surface area is 148 Å². The molecule has 2 amide bonds. The zero-order valence-electron chi connectivity index (χ0n) is 13.3. The molecule has 0 saturated carbocycles. The summed E-state index contributed by atoms with van der Waals surface area (Å²) < 4.78 is 5.13. The van der Waals surface area contributed by atoms with Gasteiger partial charge < -0.3 is 19.8 Å². The van der Waals surface area contributed by atoms with Gasteiger partial charge in [-0.1, -0.05) is 28.9 Å². The number of carbonyl (C=O) groups excluding carboxylic acids is 1. The number of piperidine rings is 1. The molecule has 2 N–H and O–H groups in total. The van der Waals surface area contributed by atoms with Crippen LogP contribution in [-0.4, -0.2) is 45.2 Å². The quantitative estimate of drug-likeness (QED) is 0.862. The van der Waals surface area contributed by atoms with Crippen LogP contribution in [0.2, 0.25) is 5.02 Å². The Balaban J connectivity index is 1.52. The van der Waals surface area contributed by atoms with Crippen molar-refractivity contribution >= 4 is 23.6 Å². The minimum atomic E-state index is -0.806. The van der Waals surface area contributed by atoms with Crippen LogP contribution in [0.1, 0.15) is 18.7 Å². The summed E-state index contributed by atoms with van der Waals surface area (Å²) in [6, 6.07) is 6.80. The fourth-order valence-corrected chi connectivity index (χ4v) is 2.85. The summed E-state index contributed by atoms with van der Waals surface area (Å²) in [5.74, 6) is -0.502. The number of likely N-dealkylation sites (tertiary alicyclic amines) is 1. The van der Waals surface area contributed by atoms with E-state index in [2.05, 4.69) is 15.5 Å². The van der Waals surface area contributed by atoms with E-state index in [4.69, 9.17) is 21.2 Å². The first-order chi connectivity index (χ1) is 12.0. The molecule has 1 aliphatic rings. The number of carboxylic acids is 1. The van der Waals surface area contributed by atoms with E-state index in [1.165, 1.54) is 0 Å². The van der Waals surface area contributed by atoms with Crippen LogP contribution >= 0.6 is 11.6 Å². The highest BCUT2D eigenvalue weighted by Gasteiger charge is 2.27. The summed E-state index contributed by atoms with van der Waals surface area (Å²) >= 11 is 5.93. The van der Waals surface area contributed by atoms with E-state index in [-0.39, 0.29) is 24.4 Å². The molecule has 0 bridgehead atoms. The van der Waals surface area contributed by atoms with E-state index >= 15 is 0 Å². The molecule has 1 aliphatic heterocycles. The van der Waals surface area contributed by atoms with E-state index in [0.717, 1.165) is 5.56 Å². The predicted molar refractivity (Wildman–Crippen MR) is 88.9 cm³/mol. The summed E-state index contributed by atoms with van der Waals surface area (Å²) in [4.78, 5) is 28.9. The minimum Gasteiger partial charge on any atom is -0.481 e. The summed E-state index contributed by atoms with van der Waals surface area (Å²) in [6.45, 7) is 0.937. The highest BCUT2D eigenvalue weighted by molar-refractivity contribution is 6.30. The van der Waals surface area contributed by atoms with Crippen LogP contribution in [0.5, 0.6) is 0 Å². The highest BCUT2D eigenvalue weighted by Crippen LogP contribution is 2.20. The third-order valence-electron chi connectivity index (χ3n) is 4.07. The van der Waals surface area contributed by atoms with Gasteiger partial charge in [0.25, 0.3) is 0 Å². The van der Waals surface area contributed by atoms with Crippen molar-refractivity contribution in [3.8, 4) is 11.4 Å². The molecule has 9 heteroatoms. The molecule has 3 rings (SSSR count). The zero-order chi connectivity index (χ0) is 17.8. The Hall–Kier alpha value is -2.61. The zero-order valence-corrected chi connectivity index (χ0v) is 14.1. The van der Waals surface area contributed by atoms with Crippen molar-refractivity contribution in [2.75, 3.05) is 13.1 Å². The first kappa shape index (κ1) is 17.2. The van der Waals surface area contributed by atoms with Gasteiger partial charge >= 0.3 is 12.0 Å². The Morgan fingerprint density at radius 2 is 2.12 bits per heavy atom. The predicted octanol–water partition coefficient (Wildman–Crippen LogP) is 2.40. The van der Waals surface area contributed by atoms with Crippen molar-refractivity contribution in [3.63, 3.8) is 0 Å². The monoisotopic (exact) mass is 364 g/mol. The Kier molecular flexibility index (Phi) is 5.18. The highest BCUT2D eigenvalue weighted by atomic mass is 35.5. The average Bonchev–Trinajstić information content (AvgIpc) is 3.09. The number of carbonyl (C=O) groups is 2. The number of benzene rings is 1. The van der Waals surface area contributed by atoms with Gasteiger partial charge in [-0.15, -0.1) is 0 Å². The van der Waals surface area contributed by atoms with Gasteiger partial charge in [0, 0.05) is 23.7 Å². The lowest BCUT2D eigenvalue weighted by atomic mass is 9.97. The second-order valence-corrected chi connectivity index (χ2v) is 6.22. The largest absolute Gasteiger partial charge is 0.481 e. The van der Waals surface area contributed by atoms with Crippen LogP contribution < -0.4 is 5.32 Å². The molecule has 1 saturated heterocycles. The van der Waals surface area contributed by atoms with Gasteiger partial charge in [-0.25, -0.2) is 4.79 Å². The molecule has 1 fully saturated rings. The SMILES string of the molecule is O=C(O)C1CCN(C(=O)NCc2nc(-c3cccc(Cl)c3)no2)CC1. The van der Waals surface area contributed by atoms with Crippen molar-refractivity contribution < 1.29 is 19.2 Å². The van der Waals surface area contributed by atoms with Crippen LogP contribution in [0.3, 0.4) is 0 Å². The number of aromatic nitrogens is 2. The summed E-state index contributed by atoms with van der Waals surface area (Å²) in [5, 5.41) is 16.1. The van der Waals surface area contributed by atoms with Gasteiger partial charge in [0.1, 0.15) is 0 Å². The maximum atomic E-state index is 12.1. The fourth-order valence-electron chi connectivity index (χ4n) is 2.66. The number of hydrogen-bond acceptors (Lipinski definition) is 5. The molecule has 1 aromatic carbocycles. The summed E-state index contributed by atoms with van der Waals surface area (Å²) in [7, 11) is 0. The van der Waals surface area contributed by atoms with E-state index in [0.29, 0.717) is 36.8 Å². The van der Waals surface area contributed by atoms with Crippen molar-refractivity contribution in [2.24, 2.45) is 5.92 Å². The molecular weight excluding hydrogens is 348 g/mol. The number of aliphatic carboxylic acids is 1. The normalized spacial score (nSPS) is 15.2. The molecule has 2 heterocycles. The number of halogens is 1. The number of hydrogen-bond donors (Lipinski definition) is 2. The molecule has 0 spiro atoms. The molecule has 2 aromatic rings. The summed E-state index contributed by atoms with van der Waals surface area (Å²) in [6.07, 6.45) is 0.921.